The van der Waals surface area contributed by atoms with E-state index in [4.69, 9.17) is 0 Å². The Hall–Kier alpha value is 0.460. The van der Waals surface area contributed by atoms with E-state index >= 15 is 0 Å². The number of likely N-dealkylation sites (tertiary alicyclic amines) is 2. The molecule has 0 amide bonds. The van der Waals surface area contributed by atoms with Crippen molar-refractivity contribution in [2.75, 3.05) is 39.3 Å². The normalized spacial score (nSPS) is 22.3. The quantitative estimate of drug-likeness (QED) is 0.862. The van der Waals surface area contributed by atoms with E-state index in [1.807, 2.05) is 0 Å². The van der Waals surface area contributed by atoms with Crippen LogP contribution in [0.15, 0.2) is 0 Å². The number of piperidine rings is 2. The second kappa shape index (κ2) is 10.3. The minimum Gasteiger partial charge on any atom is -0.390 e. The molecule has 0 aromatic carbocycles. The number of nitrogens with zero attached hydrogens (tertiary/aromatic N) is 2. The van der Waals surface area contributed by atoms with Gasteiger partial charge in [-0.25, -0.2) is 0 Å². The van der Waals surface area contributed by atoms with Crippen molar-refractivity contribution in [1.29, 1.82) is 0 Å². The second-order valence-corrected chi connectivity index (χ2v) is 5.38. The number of halogens is 2. The number of hydrogen-bond acceptors (Lipinski definition) is 3. The van der Waals surface area contributed by atoms with E-state index in [0.29, 0.717) is 0 Å². The Morgan fingerprint density at radius 2 is 1.00 bits per heavy atom. The summed E-state index contributed by atoms with van der Waals surface area (Å²) < 4.78 is 0. The molecule has 2 rings (SSSR count). The van der Waals surface area contributed by atoms with Crippen LogP contribution in [-0.4, -0.2) is 60.3 Å². The van der Waals surface area contributed by atoms with Gasteiger partial charge >= 0.3 is 0 Å². The van der Waals surface area contributed by atoms with Gasteiger partial charge in [0, 0.05) is 13.1 Å². The molecule has 0 aliphatic carbocycles. The lowest BCUT2D eigenvalue weighted by Gasteiger charge is -2.32. The molecule has 1 N–H and O–H groups in total. The van der Waals surface area contributed by atoms with Gasteiger partial charge in [-0.15, -0.1) is 24.8 Å². The monoisotopic (exact) mass is 298 g/mol. The number of rotatable bonds is 4. The third-order valence-corrected chi connectivity index (χ3v) is 3.84. The van der Waals surface area contributed by atoms with E-state index in [1.165, 1.54) is 64.7 Å². The minimum atomic E-state index is -0.142. The van der Waals surface area contributed by atoms with E-state index in [9.17, 15) is 5.11 Å². The number of hydrogen-bond donors (Lipinski definition) is 1. The van der Waals surface area contributed by atoms with Crippen molar-refractivity contribution in [3.8, 4) is 0 Å². The third kappa shape index (κ3) is 6.58. The maximum absolute atomic E-state index is 10.1. The summed E-state index contributed by atoms with van der Waals surface area (Å²) in [4.78, 5) is 4.86. The van der Waals surface area contributed by atoms with Gasteiger partial charge in [0.25, 0.3) is 0 Å². The number of aliphatic hydroxyl groups excluding tert-OH is 1. The first-order chi connectivity index (χ1) is 7.84. The van der Waals surface area contributed by atoms with Crippen LogP contribution in [0.3, 0.4) is 0 Å². The summed E-state index contributed by atoms with van der Waals surface area (Å²) in [6.07, 6.45) is 7.87. The van der Waals surface area contributed by atoms with Crippen molar-refractivity contribution in [1.82, 2.24) is 9.80 Å². The molecule has 2 fully saturated rings. The number of β-amino-alcohol motifs (C(OH)–C–C–N with tert-alkyl or cyclic N) is 1. The average molecular weight is 299 g/mol. The molecule has 0 atom stereocenters. The summed E-state index contributed by atoms with van der Waals surface area (Å²) in [5, 5.41) is 10.1. The smallest absolute Gasteiger partial charge is 0.0793 e. The van der Waals surface area contributed by atoms with Crippen LogP contribution in [0.25, 0.3) is 0 Å². The minimum absolute atomic E-state index is 0. The maximum atomic E-state index is 10.1. The summed E-state index contributed by atoms with van der Waals surface area (Å²) in [7, 11) is 0. The summed E-state index contributed by atoms with van der Waals surface area (Å²) >= 11 is 0. The fraction of sp³-hybridized carbons (Fsp3) is 1.00. The van der Waals surface area contributed by atoms with E-state index in [2.05, 4.69) is 9.80 Å². The Bertz CT molecular complexity index is 175. The molecular formula is C13H28Cl2N2O. The van der Waals surface area contributed by atoms with Crippen LogP contribution in [0.2, 0.25) is 0 Å². The molecule has 3 nitrogen and oxygen atoms in total. The Balaban J connectivity index is 0.00000144. The van der Waals surface area contributed by atoms with Crippen molar-refractivity contribution in [3.05, 3.63) is 0 Å². The Morgan fingerprint density at radius 3 is 1.33 bits per heavy atom. The third-order valence-electron chi connectivity index (χ3n) is 3.84. The summed E-state index contributed by atoms with van der Waals surface area (Å²) in [6, 6.07) is 0. The Kier molecular flexibility index (Phi) is 10.5. The summed E-state index contributed by atoms with van der Waals surface area (Å²) in [6.45, 7) is 6.54. The van der Waals surface area contributed by atoms with Crippen molar-refractivity contribution in [3.63, 3.8) is 0 Å². The van der Waals surface area contributed by atoms with Crippen LogP contribution < -0.4 is 0 Å². The van der Waals surface area contributed by atoms with E-state index < -0.39 is 0 Å². The first kappa shape index (κ1) is 18.5. The lowest BCUT2D eigenvalue weighted by Crippen LogP contribution is -2.43. The fourth-order valence-corrected chi connectivity index (χ4v) is 2.94. The SMILES string of the molecule is Cl.Cl.OC(CN1CCCCC1)CN1CCCCC1. The number of aliphatic hydroxyl groups is 1. The van der Waals surface area contributed by atoms with Crippen molar-refractivity contribution in [2.24, 2.45) is 0 Å². The predicted molar refractivity (Wildman–Crippen MR) is 81.1 cm³/mol. The molecule has 5 heteroatoms. The van der Waals surface area contributed by atoms with Crippen LogP contribution in [0.5, 0.6) is 0 Å². The molecular weight excluding hydrogens is 271 g/mol. The standard InChI is InChI=1S/C13H26N2O.2ClH/c16-13(11-14-7-3-1-4-8-14)12-15-9-5-2-6-10-15;;/h13,16H,1-12H2;2*1H. The average Bonchev–Trinajstić information content (AvgIpc) is 2.31. The summed E-state index contributed by atoms with van der Waals surface area (Å²) in [5.41, 5.74) is 0. The first-order valence-corrected chi connectivity index (χ1v) is 6.97. The topological polar surface area (TPSA) is 26.7 Å². The second-order valence-electron chi connectivity index (χ2n) is 5.38. The van der Waals surface area contributed by atoms with Gasteiger partial charge in [0.15, 0.2) is 0 Å². The van der Waals surface area contributed by atoms with E-state index in [-0.39, 0.29) is 30.9 Å². The zero-order valence-corrected chi connectivity index (χ0v) is 12.9. The highest BCUT2D eigenvalue weighted by Gasteiger charge is 2.18. The molecule has 110 valence electrons. The highest BCUT2D eigenvalue weighted by atomic mass is 35.5. The van der Waals surface area contributed by atoms with Crippen molar-refractivity contribution in [2.45, 2.75) is 44.6 Å². The molecule has 2 aliphatic rings. The molecule has 0 unspecified atom stereocenters. The Labute approximate surface area is 124 Å². The molecule has 18 heavy (non-hydrogen) atoms. The van der Waals surface area contributed by atoms with Crippen LogP contribution in [0, 0.1) is 0 Å². The molecule has 0 radical (unpaired) electrons. The van der Waals surface area contributed by atoms with Crippen LogP contribution >= 0.6 is 24.8 Å². The Morgan fingerprint density at radius 1 is 0.667 bits per heavy atom. The lowest BCUT2D eigenvalue weighted by atomic mass is 10.1. The van der Waals surface area contributed by atoms with Gasteiger partial charge in [-0.1, -0.05) is 12.8 Å². The molecule has 0 aromatic rings. The van der Waals surface area contributed by atoms with Gasteiger partial charge in [-0.3, -0.25) is 0 Å². The van der Waals surface area contributed by atoms with Crippen LogP contribution in [-0.2, 0) is 0 Å². The van der Waals surface area contributed by atoms with E-state index in [1.54, 1.807) is 0 Å². The molecule has 0 spiro atoms. The van der Waals surface area contributed by atoms with Crippen molar-refractivity contribution < 1.29 is 5.11 Å². The molecule has 0 saturated carbocycles. The lowest BCUT2D eigenvalue weighted by molar-refractivity contribution is 0.0610. The van der Waals surface area contributed by atoms with Gasteiger partial charge in [0.05, 0.1) is 6.10 Å². The summed E-state index contributed by atoms with van der Waals surface area (Å²) in [5.74, 6) is 0. The zero-order chi connectivity index (χ0) is 11.2. The van der Waals surface area contributed by atoms with Gasteiger partial charge < -0.3 is 14.9 Å². The van der Waals surface area contributed by atoms with Gasteiger partial charge in [0.1, 0.15) is 0 Å². The maximum Gasteiger partial charge on any atom is 0.0793 e. The molecule has 2 heterocycles. The highest BCUT2D eigenvalue weighted by molar-refractivity contribution is 5.85. The molecule has 0 aromatic heterocycles. The van der Waals surface area contributed by atoms with Gasteiger partial charge in [-0.2, -0.15) is 0 Å². The fourth-order valence-electron chi connectivity index (χ4n) is 2.94. The molecule has 2 saturated heterocycles. The van der Waals surface area contributed by atoms with Gasteiger partial charge in [-0.05, 0) is 51.9 Å². The molecule has 0 bridgehead atoms. The molecule has 2 aliphatic heterocycles. The largest absolute Gasteiger partial charge is 0.390 e. The highest BCUT2D eigenvalue weighted by Crippen LogP contribution is 2.11. The van der Waals surface area contributed by atoms with Crippen molar-refractivity contribution >= 4 is 24.8 Å². The van der Waals surface area contributed by atoms with E-state index in [0.717, 1.165) is 13.1 Å². The van der Waals surface area contributed by atoms with Crippen LogP contribution in [0.4, 0.5) is 0 Å². The van der Waals surface area contributed by atoms with Crippen LogP contribution in [0.1, 0.15) is 38.5 Å². The van der Waals surface area contributed by atoms with Gasteiger partial charge in [0.2, 0.25) is 0 Å². The predicted octanol–water partition coefficient (Wildman–Crippen LogP) is 2.16. The first-order valence-electron chi connectivity index (χ1n) is 6.97. The zero-order valence-electron chi connectivity index (χ0n) is 11.2.